The van der Waals surface area contributed by atoms with E-state index in [0.29, 0.717) is 40.6 Å². The molecule has 0 saturated carbocycles. The zero-order valence-corrected chi connectivity index (χ0v) is 18.6. The maximum absolute atomic E-state index is 12.3. The third-order valence-corrected chi connectivity index (χ3v) is 4.44. The van der Waals surface area contributed by atoms with E-state index in [0.717, 1.165) is 0 Å². The van der Waals surface area contributed by atoms with Crippen molar-refractivity contribution in [3.05, 3.63) is 48.8 Å². The number of ether oxygens (including phenoxy) is 3. The van der Waals surface area contributed by atoms with Gasteiger partial charge in [-0.1, -0.05) is 6.92 Å². The van der Waals surface area contributed by atoms with Crippen LogP contribution >= 0.6 is 0 Å². The zero-order valence-electron chi connectivity index (χ0n) is 18.6. The number of nitrogens with one attached hydrogen (secondary N) is 1. The van der Waals surface area contributed by atoms with Crippen LogP contribution in [0.1, 0.15) is 20.3 Å². The second-order valence-corrected chi connectivity index (χ2v) is 6.95. The molecule has 0 atom stereocenters. The molecule has 0 aliphatic carbocycles. The van der Waals surface area contributed by atoms with Gasteiger partial charge in [-0.05, 0) is 55.8 Å². The second-order valence-electron chi connectivity index (χ2n) is 6.95. The number of aliphatic imine (C=N–C) groups is 1. The molecular formula is C22H22F3N5O4. The van der Waals surface area contributed by atoms with E-state index in [-0.39, 0.29) is 12.5 Å². The van der Waals surface area contributed by atoms with Gasteiger partial charge >= 0.3 is 12.4 Å². The van der Waals surface area contributed by atoms with Crippen molar-refractivity contribution in [2.75, 3.05) is 19.2 Å². The Bertz CT molecular complexity index is 1160. The molecule has 1 aromatic heterocycles. The van der Waals surface area contributed by atoms with Crippen LogP contribution in [0.2, 0.25) is 0 Å². The Labute approximate surface area is 193 Å². The molecule has 0 unspecified atom stereocenters. The van der Waals surface area contributed by atoms with Crippen LogP contribution in [-0.4, -0.2) is 46.8 Å². The van der Waals surface area contributed by atoms with Gasteiger partial charge in [-0.15, -0.1) is 18.3 Å². The summed E-state index contributed by atoms with van der Waals surface area (Å²) in [4.78, 5) is 20.3. The first-order valence-corrected chi connectivity index (χ1v) is 10.1. The molecule has 0 bridgehead atoms. The van der Waals surface area contributed by atoms with Crippen molar-refractivity contribution in [2.45, 2.75) is 26.6 Å². The summed E-state index contributed by atoms with van der Waals surface area (Å²) in [5, 5.41) is 7.03. The van der Waals surface area contributed by atoms with Crippen molar-refractivity contribution in [1.29, 1.82) is 0 Å². The van der Waals surface area contributed by atoms with Crippen LogP contribution in [0.5, 0.6) is 11.5 Å². The van der Waals surface area contributed by atoms with E-state index in [1.807, 2.05) is 6.92 Å². The molecule has 2 aromatic carbocycles. The van der Waals surface area contributed by atoms with Gasteiger partial charge in [0.2, 0.25) is 0 Å². The van der Waals surface area contributed by atoms with Crippen molar-refractivity contribution in [3.63, 3.8) is 0 Å². The summed E-state index contributed by atoms with van der Waals surface area (Å²) in [5.41, 5.74) is 2.13. The molecule has 3 aromatic rings. The number of alkyl halides is 3. The van der Waals surface area contributed by atoms with Crippen molar-refractivity contribution in [3.8, 4) is 28.6 Å². The average molecular weight is 477 g/mol. The quantitative estimate of drug-likeness (QED) is 0.353. The van der Waals surface area contributed by atoms with Crippen LogP contribution in [0.25, 0.3) is 17.1 Å². The lowest BCUT2D eigenvalue weighted by atomic mass is 10.2. The van der Waals surface area contributed by atoms with Crippen LogP contribution in [0, 0.1) is 0 Å². The molecule has 0 spiro atoms. The molecular weight excluding hydrogens is 455 g/mol. The third-order valence-electron chi connectivity index (χ3n) is 4.44. The Balaban J connectivity index is 1.82. The number of methoxy groups -OCH3 is 1. The summed E-state index contributed by atoms with van der Waals surface area (Å²) in [6.45, 7) is 3.59. The summed E-state index contributed by atoms with van der Waals surface area (Å²) in [6.07, 6.45) is -2.70. The van der Waals surface area contributed by atoms with Gasteiger partial charge in [0.05, 0.1) is 11.4 Å². The summed E-state index contributed by atoms with van der Waals surface area (Å²) >= 11 is 0. The number of rotatable bonds is 8. The highest BCUT2D eigenvalue weighted by molar-refractivity contribution is 6.00. The largest absolute Gasteiger partial charge is 0.573 e. The van der Waals surface area contributed by atoms with Gasteiger partial charge < -0.3 is 19.5 Å². The van der Waals surface area contributed by atoms with E-state index < -0.39 is 12.4 Å². The normalized spacial score (nSPS) is 11.9. The minimum Gasteiger partial charge on any atom is -0.465 e. The SMILES string of the molecule is CCC(C)=NC(=O)Nc1ccc(-c2ncn(-c3ccc(OC(F)(F)F)cc3)n2)cc1OCOC. The average Bonchev–Trinajstić information content (AvgIpc) is 3.28. The lowest BCUT2D eigenvalue weighted by molar-refractivity contribution is -0.274. The molecule has 34 heavy (non-hydrogen) atoms. The Morgan fingerprint density at radius 2 is 1.91 bits per heavy atom. The van der Waals surface area contributed by atoms with Gasteiger partial charge in [-0.2, -0.15) is 0 Å². The van der Waals surface area contributed by atoms with E-state index in [1.165, 1.54) is 42.4 Å². The van der Waals surface area contributed by atoms with Crippen molar-refractivity contribution < 1.29 is 32.2 Å². The molecule has 12 heteroatoms. The lowest BCUT2D eigenvalue weighted by Gasteiger charge is -2.12. The minimum absolute atomic E-state index is 0.0577. The van der Waals surface area contributed by atoms with E-state index in [9.17, 15) is 18.0 Å². The predicted octanol–water partition coefficient (Wildman–Crippen LogP) is 5.22. The highest BCUT2D eigenvalue weighted by atomic mass is 19.4. The molecule has 0 fully saturated rings. The predicted molar refractivity (Wildman–Crippen MR) is 118 cm³/mol. The monoisotopic (exact) mass is 477 g/mol. The van der Waals surface area contributed by atoms with Crippen LogP contribution in [0.15, 0.2) is 53.8 Å². The number of carbonyl (C=O) groups is 1. The molecule has 0 aliphatic rings. The van der Waals surface area contributed by atoms with Crippen LogP contribution in [-0.2, 0) is 4.74 Å². The van der Waals surface area contributed by atoms with Crippen LogP contribution in [0.3, 0.4) is 0 Å². The lowest BCUT2D eigenvalue weighted by Crippen LogP contribution is -2.17. The van der Waals surface area contributed by atoms with Gasteiger partial charge in [-0.25, -0.2) is 19.5 Å². The van der Waals surface area contributed by atoms with E-state index in [4.69, 9.17) is 9.47 Å². The Morgan fingerprint density at radius 3 is 2.56 bits per heavy atom. The molecule has 0 radical (unpaired) electrons. The van der Waals surface area contributed by atoms with Gasteiger partial charge in [0.15, 0.2) is 12.6 Å². The smallest absolute Gasteiger partial charge is 0.465 e. The number of aromatic nitrogens is 3. The number of hydrogen-bond acceptors (Lipinski definition) is 6. The molecule has 180 valence electrons. The van der Waals surface area contributed by atoms with Crippen molar-refractivity contribution >= 4 is 17.4 Å². The fourth-order valence-corrected chi connectivity index (χ4v) is 2.72. The first kappa shape index (κ1) is 24.7. The molecule has 0 saturated heterocycles. The summed E-state index contributed by atoms with van der Waals surface area (Å²) in [5.74, 6) is 0.310. The standard InChI is InChI=1S/C22H22F3N5O4/c1-4-14(2)27-21(31)28-18-10-5-15(11-19(18)33-13-32-3)20-26-12-30(29-20)16-6-8-17(9-7-16)34-22(23,24)25/h5-12H,4,13H2,1-3H3,(H,28,31). The molecule has 1 N–H and O–H groups in total. The van der Waals surface area contributed by atoms with Gasteiger partial charge in [-0.3, -0.25) is 0 Å². The number of nitrogens with zero attached hydrogens (tertiary/aromatic N) is 4. The number of hydrogen-bond donors (Lipinski definition) is 1. The van der Waals surface area contributed by atoms with Crippen molar-refractivity contribution in [1.82, 2.24) is 14.8 Å². The number of carbonyl (C=O) groups excluding carboxylic acids is 1. The first-order chi connectivity index (χ1) is 16.2. The summed E-state index contributed by atoms with van der Waals surface area (Å²) in [6, 6.07) is 9.61. The highest BCUT2D eigenvalue weighted by Crippen LogP contribution is 2.30. The minimum atomic E-state index is -4.77. The van der Waals surface area contributed by atoms with E-state index >= 15 is 0 Å². The molecule has 9 nitrogen and oxygen atoms in total. The number of benzene rings is 2. The number of amides is 2. The summed E-state index contributed by atoms with van der Waals surface area (Å²) < 4.78 is 52.8. The van der Waals surface area contributed by atoms with Gasteiger partial charge in [0.25, 0.3) is 0 Å². The van der Waals surface area contributed by atoms with Crippen molar-refractivity contribution in [2.24, 2.45) is 4.99 Å². The Morgan fingerprint density at radius 1 is 1.18 bits per heavy atom. The maximum Gasteiger partial charge on any atom is 0.573 e. The number of anilines is 1. The van der Waals surface area contributed by atoms with Gasteiger partial charge in [0.1, 0.15) is 17.8 Å². The molecule has 1 heterocycles. The fraction of sp³-hybridized carbons (Fsp3) is 0.273. The topological polar surface area (TPSA) is 99.9 Å². The summed E-state index contributed by atoms with van der Waals surface area (Å²) in [7, 11) is 1.46. The van der Waals surface area contributed by atoms with E-state index in [1.54, 1.807) is 25.1 Å². The van der Waals surface area contributed by atoms with Crippen LogP contribution < -0.4 is 14.8 Å². The fourth-order valence-electron chi connectivity index (χ4n) is 2.72. The van der Waals surface area contributed by atoms with Gasteiger partial charge in [0, 0.05) is 18.4 Å². The third kappa shape index (κ3) is 6.78. The Hall–Kier alpha value is -3.93. The molecule has 2 amide bonds. The maximum atomic E-state index is 12.3. The zero-order chi connectivity index (χ0) is 24.7. The molecule has 0 aliphatic heterocycles. The Kier molecular flexibility index (Phi) is 7.84. The number of urea groups is 1. The van der Waals surface area contributed by atoms with Crippen LogP contribution in [0.4, 0.5) is 23.7 Å². The number of halogens is 3. The highest BCUT2D eigenvalue weighted by Gasteiger charge is 2.31. The molecule has 3 rings (SSSR count). The first-order valence-electron chi connectivity index (χ1n) is 10.1. The van der Waals surface area contributed by atoms with E-state index in [2.05, 4.69) is 25.1 Å². The second kappa shape index (κ2) is 10.8.